The van der Waals surface area contributed by atoms with Gasteiger partial charge in [0.05, 0.1) is 0 Å². The second kappa shape index (κ2) is 6.96. The van der Waals surface area contributed by atoms with Crippen LogP contribution in [0.15, 0.2) is 30.3 Å². The lowest BCUT2D eigenvalue weighted by Gasteiger charge is -2.30. The normalized spacial score (nSPS) is 27.2. The highest BCUT2D eigenvalue weighted by Gasteiger charge is 2.51. The Morgan fingerprint density at radius 2 is 2.00 bits per heavy atom. The first-order valence-corrected chi connectivity index (χ1v) is 9.16. The van der Waals surface area contributed by atoms with Gasteiger partial charge in [0.2, 0.25) is 0 Å². The van der Waals surface area contributed by atoms with Crippen molar-refractivity contribution in [1.29, 1.82) is 0 Å². The van der Waals surface area contributed by atoms with Crippen LogP contribution in [0.3, 0.4) is 0 Å². The maximum Gasteiger partial charge on any atom is 0.410 e. The Labute approximate surface area is 150 Å². The molecule has 2 aliphatic heterocycles. The van der Waals surface area contributed by atoms with Crippen molar-refractivity contribution in [3.8, 4) is 0 Å². The summed E-state index contributed by atoms with van der Waals surface area (Å²) in [5, 5.41) is 9.93. The lowest BCUT2D eigenvalue weighted by Crippen LogP contribution is -2.40. The van der Waals surface area contributed by atoms with Gasteiger partial charge in [-0.15, -0.1) is 0 Å². The molecule has 0 aliphatic carbocycles. The molecule has 1 aromatic carbocycles. The molecule has 138 valence electrons. The first kappa shape index (κ1) is 18.2. The molecule has 3 rings (SSSR count). The van der Waals surface area contributed by atoms with Crippen molar-refractivity contribution in [3.63, 3.8) is 0 Å². The Bertz CT molecular complexity index is 599. The molecule has 2 heterocycles. The van der Waals surface area contributed by atoms with Gasteiger partial charge in [0.15, 0.2) is 0 Å². The topological polar surface area (TPSA) is 53.0 Å². The SMILES string of the molecule is CC(C)(C)OC(=O)N1CC[C@@]2(CN(Cc3ccccc3)C[C@H]2CO)C1. The molecule has 2 fully saturated rings. The van der Waals surface area contributed by atoms with Crippen molar-refractivity contribution in [3.05, 3.63) is 35.9 Å². The standard InChI is InChI=1S/C20H30N2O3/c1-19(2,3)25-18(24)22-10-9-20(15-22)14-21(12-17(20)13-23)11-16-7-5-4-6-8-16/h4-8,17,23H,9-15H2,1-3H3/t17-,20+/m0/s1. The van der Waals surface area contributed by atoms with E-state index in [0.29, 0.717) is 13.1 Å². The summed E-state index contributed by atoms with van der Waals surface area (Å²) < 4.78 is 5.53. The van der Waals surface area contributed by atoms with Crippen molar-refractivity contribution in [2.24, 2.45) is 11.3 Å². The number of hydrogen-bond donors (Lipinski definition) is 1. The fraction of sp³-hybridized carbons (Fsp3) is 0.650. The van der Waals surface area contributed by atoms with Crippen LogP contribution in [-0.4, -0.2) is 59.4 Å². The van der Waals surface area contributed by atoms with Crippen molar-refractivity contribution in [1.82, 2.24) is 9.80 Å². The molecule has 25 heavy (non-hydrogen) atoms. The van der Waals surface area contributed by atoms with Crippen molar-refractivity contribution in [2.75, 3.05) is 32.8 Å². The molecule has 2 aliphatic rings. The second-order valence-electron chi connectivity index (χ2n) is 8.55. The first-order valence-electron chi connectivity index (χ1n) is 9.16. The largest absolute Gasteiger partial charge is 0.444 e. The number of carbonyl (C=O) groups is 1. The zero-order valence-corrected chi connectivity index (χ0v) is 15.6. The molecule has 1 aromatic rings. The summed E-state index contributed by atoms with van der Waals surface area (Å²) in [7, 11) is 0. The van der Waals surface area contributed by atoms with Gasteiger partial charge in [-0.1, -0.05) is 30.3 Å². The summed E-state index contributed by atoms with van der Waals surface area (Å²) in [6.45, 7) is 9.95. The lowest BCUT2D eigenvalue weighted by atomic mass is 9.78. The van der Waals surface area contributed by atoms with E-state index in [1.54, 1.807) is 0 Å². The highest BCUT2D eigenvalue weighted by molar-refractivity contribution is 5.68. The minimum absolute atomic E-state index is 0.0135. The fourth-order valence-corrected chi connectivity index (χ4v) is 4.20. The van der Waals surface area contributed by atoms with Crippen molar-refractivity contribution < 1.29 is 14.6 Å². The number of aliphatic hydroxyl groups excluding tert-OH is 1. The molecular weight excluding hydrogens is 316 g/mol. The van der Waals surface area contributed by atoms with E-state index in [4.69, 9.17) is 4.74 Å². The number of ether oxygens (including phenoxy) is 1. The number of rotatable bonds is 3. The van der Waals surface area contributed by atoms with Gasteiger partial charge in [0, 0.05) is 50.7 Å². The van der Waals surface area contributed by atoms with E-state index in [-0.39, 0.29) is 24.0 Å². The average Bonchev–Trinajstić information content (AvgIpc) is 3.11. The molecule has 1 spiro atoms. The van der Waals surface area contributed by atoms with E-state index in [2.05, 4.69) is 29.2 Å². The van der Waals surface area contributed by atoms with Crippen LogP contribution in [0.4, 0.5) is 4.79 Å². The van der Waals surface area contributed by atoms with Crippen LogP contribution in [0.25, 0.3) is 0 Å². The summed E-state index contributed by atoms with van der Waals surface area (Å²) in [6, 6.07) is 10.4. The smallest absolute Gasteiger partial charge is 0.410 e. The minimum Gasteiger partial charge on any atom is -0.444 e. The van der Waals surface area contributed by atoms with Gasteiger partial charge in [-0.05, 0) is 32.8 Å². The van der Waals surface area contributed by atoms with E-state index in [0.717, 1.165) is 26.1 Å². The highest BCUT2D eigenvalue weighted by atomic mass is 16.6. The summed E-state index contributed by atoms with van der Waals surface area (Å²) in [5.41, 5.74) is 0.803. The fourth-order valence-electron chi connectivity index (χ4n) is 4.20. The molecule has 0 bridgehead atoms. The summed E-state index contributed by atoms with van der Waals surface area (Å²) in [4.78, 5) is 16.6. The van der Waals surface area contributed by atoms with Crippen molar-refractivity contribution in [2.45, 2.75) is 39.3 Å². The monoisotopic (exact) mass is 346 g/mol. The van der Waals surface area contributed by atoms with Gasteiger partial charge >= 0.3 is 6.09 Å². The van der Waals surface area contributed by atoms with Crippen LogP contribution in [0, 0.1) is 11.3 Å². The summed E-state index contributed by atoms with van der Waals surface area (Å²) in [6.07, 6.45) is 0.700. The number of benzene rings is 1. The maximum absolute atomic E-state index is 12.4. The zero-order chi connectivity index (χ0) is 18.1. The summed E-state index contributed by atoms with van der Waals surface area (Å²) in [5.74, 6) is 0.212. The number of amides is 1. The van der Waals surface area contributed by atoms with Gasteiger partial charge in [0.25, 0.3) is 0 Å². The number of nitrogens with zero attached hydrogens (tertiary/aromatic N) is 2. The van der Waals surface area contributed by atoms with Gasteiger partial charge in [-0.2, -0.15) is 0 Å². The number of carbonyl (C=O) groups excluding carboxylic acids is 1. The molecule has 0 aromatic heterocycles. The molecule has 5 heteroatoms. The van der Waals surface area contributed by atoms with Crippen LogP contribution in [0.1, 0.15) is 32.8 Å². The third-order valence-corrected chi connectivity index (χ3v) is 5.39. The third kappa shape index (κ3) is 4.15. The molecule has 0 saturated carbocycles. The Morgan fingerprint density at radius 3 is 2.64 bits per heavy atom. The van der Waals surface area contributed by atoms with Crippen LogP contribution in [0.5, 0.6) is 0 Å². The third-order valence-electron chi connectivity index (χ3n) is 5.39. The number of aliphatic hydroxyl groups is 1. The average molecular weight is 346 g/mol. The van der Waals surface area contributed by atoms with Crippen LogP contribution in [-0.2, 0) is 11.3 Å². The van der Waals surface area contributed by atoms with Gasteiger partial charge in [-0.25, -0.2) is 4.79 Å². The van der Waals surface area contributed by atoms with E-state index >= 15 is 0 Å². The number of hydrogen-bond acceptors (Lipinski definition) is 4. The Kier molecular flexibility index (Phi) is 5.07. The zero-order valence-electron chi connectivity index (χ0n) is 15.6. The molecule has 2 atom stereocenters. The summed E-state index contributed by atoms with van der Waals surface area (Å²) >= 11 is 0. The van der Waals surface area contributed by atoms with E-state index in [1.807, 2.05) is 31.7 Å². The Morgan fingerprint density at radius 1 is 1.28 bits per heavy atom. The maximum atomic E-state index is 12.4. The minimum atomic E-state index is -0.474. The first-order chi connectivity index (χ1) is 11.8. The van der Waals surface area contributed by atoms with E-state index in [1.165, 1.54) is 5.56 Å². The van der Waals surface area contributed by atoms with Crippen molar-refractivity contribution >= 4 is 6.09 Å². The molecule has 0 radical (unpaired) electrons. The quantitative estimate of drug-likeness (QED) is 0.914. The van der Waals surface area contributed by atoms with Gasteiger partial charge < -0.3 is 14.7 Å². The predicted molar refractivity (Wildman–Crippen MR) is 97.2 cm³/mol. The molecular formula is C20H30N2O3. The molecule has 1 amide bonds. The molecule has 2 saturated heterocycles. The highest BCUT2D eigenvalue weighted by Crippen LogP contribution is 2.44. The van der Waals surface area contributed by atoms with Gasteiger partial charge in [0.1, 0.15) is 5.60 Å². The molecule has 1 N–H and O–H groups in total. The van der Waals surface area contributed by atoms with E-state index < -0.39 is 5.60 Å². The van der Waals surface area contributed by atoms with E-state index in [9.17, 15) is 9.90 Å². The van der Waals surface area contributed by atoms with Crippen LogP contribution in [0.2, 0.25) is 0 Å². The van der Waals surface area contributed by atoms with Crippen LogP contribution >= 0.6 is 0 Å². The lowest BCUT2D eigenvalue weighted by molar-refractivity contribution is 0.0256. The predicted octanol–water partition coefficient (Wildman–Crippen LogP) is 2.74. The second-order valence-corrected chi connectivity index (χ2v) is 8.55. The molecule has 0 unspecified atom stereocenters. The molecule has 5 nitrogen and oxygen atoms in total. The number of likely N-dealkylation sites (tertiary alicyclic amines) is 2. The van der Waals surface area contributed by atoms with Gasteiger partial charge in [-0.3, -0.25) is 4.90 Å². The Balaban J connectivity index is 1.65. The van der Waals surface area contributed by atoms with Crippen LogP contribution < -0.4 is 0 Å². The Hall–Kier alpha value is -1.59.